The molecule has 0 heterocycles. The first kappa shape index (κ1) is 15.7. The summed E-state index contributed by atoms with van der Waals surface area (Å²) >= 11 is 4.99. The Balaban J connectivity index is 2.88. The molecule has 0 spiro atoms. The Kier molecular flexibility index (Phi) is 5.90. The third kappa shape index (κ3) is 4.42. The van der Waals surface area contributed by atoms with Gasteiger partial charge in [0, 0.05) is 21.0 Å². The first-order chi connectivity index (χ1) is 8.36. The van der Waals surface area contributed by atoms with Crippen molar-refractivity contribution in [1.29, 1.82) is 0 Å². The normalized spacial score (nSPS) is 11.4. The zero-order valence-electron chi connectivity index (χ0n) is 9.15. The Labute approximate surface area is 125 Å². The summed E-state index contributed by atoms with van der Waals surface area (Å²) in [5.41, 5.74) is -0.831. The van der Waals surface area contributed by atoms with Crippen molar-refractivity contribution in [2.75, 3.05) is 11.0 Å². The van der Waals surface area contributed by atoms with Gasteiger partial charge in [-0.1, -0.05) is 38.5 Å². The van der Waals surface area contributed by atoms with Crippen LogP contribution in [0.5, 0.6) is 0 Å². The second-order valence-corrected chi connectivity index (χ2v) is 5.42. The Morgan fingerprint density at radius 3 is 2.61 bits per heavy atom. The Morgan fingerprint density at radius 1 is 1.39 bits per heavy atom. The van der Waals surface area contributed by atoms with Crippen LogP contribution in [0, 0.1) is 0 Å². The molecule has 100 valence electrons. The number of rotatable bonds is 4. The average molecular weight is 436 g/mol. The fraction of sp³-hybridized carbons (Fsp3) is 0.364. The van der Waals surface area contributed by atoms with Gasteiger partial charge in [0.05, 0.1) is 5.56 Å². The van der Waals surface area contributed by atoms with Gasteiger partial charge in [-0.05, 0) is 24.6 Å². The highest BCUT2D eigenvalue weighted by Gasteiger charge is 2.33. The monoisotopic (exact) mass is 435 g/mol. The molecule has 1 aromatic rings. The number of hydrogen-bond donors (Lipinski definition) is 1. The summed E-state index contributed by atoms with van der Waals surface area (Å²) < 4.78 is 38.7. The van der Waals surface area contributed by atoms with Crippen molar-refractivity contribution in [3.05, 3.63) is 33.8 Å². The molecule has 0 radical (unpaired) electrons. The molecular formula is C11H10BrF3INO. The highest BCUT2D eigenvalue weighted by atomic mass is 127. The van der Waals surface area contributed by atoms with Gasteiger partial charge < -0.3 is 5.32 Å². The van der Waals surface area contributed by atoms with Crippen LogP contribution in [0.1, 0.15) is 22.3 Å². The highest BCUT2D eigenvalue weighted by molar-refractivity contribution is 14.1. The third-order valence-electron chi connectivity index (χ3n) is 2.13. The van der Waals surface area contributed by atoms with E-state index in [0.717, 1.165) is 16.9 Å². The maximum atomic E-state index is 12.6. The topological polar surface area (TPSA) is 29.1 Å². The summed E-state index contributed by atoms with van der Waals surface area (Å²) in [6.45, 7) is 0.458. The number of halogens is 5. The first-order valence-corrected chi connectivity index (χ1v) is 7.39. The second kappa shape index (κ2) is 6.74. The first-order valence-electron chi connectivity index (χ1n) is 5.07. The zero-order chi connectivity index (χ0) is 13.8. The summed E-state index contributed by atoms with van der Waals surface area (Å²) in [4.78, 5) is 11.6. The molecule has 1 aromatic carbocycles. The lowest BCUT2D eigenvalue weighted by atomic mass is 10.1. The SMILES string of the molecule is O=C(NCCCI)c1ccc(Br)c(C(F)(F)F)c1. The molecule has 0 aromatic heterocycles. The van der Waals surface area contributed by atoms with Crippen molar-refractivity contribution in [2.45, 2.75) is 12.6 Å². The predicted molar refractivity (Wildman–Crippen MR) is 75.0 cm³/mol. The molecule has 0 unspecified atom stereocenters. The minimum Gasteiger partial charge on any atom is -0.352 e. The van der Waals surface area contributed by atoms with E-state index in [9.17, 15) is 18.0 Å². The van der Waals surface area contributed by atoms with Crippen molar-refractivity contribution >= 4 is 44.4 Å². The second-order valence-electron chi connectivity index (χ2n) is 3.49. The van der Waals surface area contributed by atoms with Crippen molar-refractivity contribution in [2.24, 2.45) is 0 Å². The van der Waals surface area contributed by atoms with Gasteiger partial charge in [0.2, 0.25) is 0 Å². The lowest BCUT2D eigenvalue weighted by Gasteiger charge is -2.11. The summed E-state index contributed by atoms with van der Waals surface area (Å²) in [5.74, 6) is -0.488. The van der Waals surface area contributed by atoms with Crippen LogP contribution in [0.15, 0.2) is 22.7 Å². The van der Waals surface area contributed by atoms with E-state index in [0.29, 0.717) is 6.54 Å². The van der Waals surface area contributed by atoms with Crippen LogP contribution in [0.25, 0.3) is 0 Å². The molecule has 1 amide bonds. The minimum atomic E-state index is -4.47. The fourth-order valence-corrected chi connectivity index (χ4v) is 2.11. The van der Waals surface area contributed by atoms with Gasteiger partial charge in [-0.15, -0.1) is 0 Å². The van der Waals surface area contributed by atoms with Gasteiger partial charge in [0.15, 0.2) is 0 Å². The molecule has 0 saturated heterocycles. The van der Waals surface area contributed by atoms with Crippen LogP contribution in [-0.2, 0) is 6.18 Å². The maximum Gasteiger partial charge on any atom is 0.417 e. The van der Waals surface area contributed by atoms with Crippen LogP contribution in [0.2, 0.25) is 0 Å². The van der Waals surface area contributed by atoms with Crippen molar-refractivity contribution in [3.8, 4) is 0 Å². The Hall–Kier alpha value is -0.310. The van der Waals surface area contributed by atoms with Crippen LogP contribution < -0.4 is 5.32 Å². The summed E-state index contributed by atoms with van der Waals surface area (Å²) in [5, 5.41) is 2.57. The third-order valence-corrected chi connectivity index (χ3v) is 3.58. The molecule has 18 heavy (non-hydrogen) atoms. The number of benzene rings is 1. The van der Waals surface area contributed by atoms with Crippen LogP contribution >= 0.6 is 38.5 Å². The van der Waals surface area contributed by atoms with Crippen LogP contribution in [0.4, 0.5) is 13.2 Å². The molecule has 0 aliphatic rings. The number of amides is 1. The molecular weight excluding hydrogens is 426 g/mol. The summed E-state index contributed by atoms with van der Waals surface area (Å²) in [6.07, 6.45) is -3.69. The Bertz CT molecular complexity index is 437. The van der Waals surface area contributed by atoms with Crippen LogP contribution in [-0.4, -0.2) is 16.9 Å². The van der Waals surface area contributed by atoms with E-state index in [2.05, 4.69) is 43.8 Å². The Morgan fingerprint density at radius 2 is 2.06 bits per heavy atom. The van der Waals surface area contributed by atoms with E-state index in [4.69, 9.17) is 0 Å². The molecule has 0 saturated carbocycles. The fourth-order valence-electron chi connectivity index (χ4n) is 1.25. The van der Waals surface area contributed by atoms with E-state index in [-0.39, 0.29) is 10.0 Å². The molecule has 2 nitrogen and oxygen atoms in total. The smallest absolute Gasteiger partial charge is 0.352 e. The predicted octanol–water partition coefficient (Wildman–Crippen LogP) is 4.02. The number of carbonyl (C=O) groups is 1. The van der Waals surface area contributed by atoms with Gasteiger partial charge in [-0.25, -0.2) is 0 Å². The summed E-state index contributed by atoms with van der Waals surface area (Å²) in [6, 6.07) is 3.44. The molecule has 1 N–H and O–H groups in total. The molecule has 0 bridgehead atoms. The molecule has 0 fully saturated rings. The molecule has 0 aliphatic heterocycles. The lowest BCUT2D eigenvalue weighted by molar-refractivity contribution is -0.138. The molecule has 0 atom stereocenters. The van der Waals surface area contributed by atoms with E-state index in [1.165, 1.54) is 12.1 Å². The van der Waals surface area contributed by atoms with E-state index in [1.54, 1.807) is 0 Å². The largest absolute Gasteiger partial charge is 0.417 e. The zero-order valence-corrected chi connectivity index (χ0v) is 12.9. The van der Waals surface area contributed by atoms with Gasteiger partial charge in [0.1, 0.15) is 0 Å². The minimum absolute atomic E-state index is 0.0129. The van der Waals surface area contributed by atoms with Crippen molar-refractivity contribution in [1.82, 2.24) is 5.32 Å². The maximum absolute atomic E-state index is 12.6. The number of carbonyl (C=O) groups excluding carboxylic acids is 1. The quantitative estimate of drug-likeness (QED) is 0.432. The average Bonchev–Trinajstić information content (AvgIpc) is 2.28. The summed E-state index contributed by atoms with van der Waals surface area (Å²) in [7, 11) is 0. The molecule has 0 aliphatic carbocycles. The number of hydrogen-bond acceptors (Lipinski definition) is 1. The number of nitrogens with one attached hydrogen (secondary N) is 1. The van der Waals surface area contributed by atoms with Crippen molar-refractivity contribution < 1.29 is 18.0 Å². The standard InChI is InChI=1S/C11H10BrF3INO/c12-9-3-2-7(6-8(9)11(13,14)15)10(18)17-5-1-4-16/h2-3,6H,1,4-5H2,(H,17,18). The molecule has 7 heteroatoms. The van der Waals surface area contributed by atoms with E-state index >= 15 is 0 Å². The van der Waals surface area contributed by atoms with Gasteiger partial charge in [-0.2, -0.15) is 13.2 Å². The lowest BCUT2D eigenvalue weighted by Crippen LogP contribution is -2.25. The number of alkyl halides is 4. The van der Waals surface area contributed by atoms with Crippen molar-refractivity contribution in [3.63, 3.8) is 0 Å². The highest BCUT2D eigenvalue weighted by Crippen LogP contribution is 2.35. The van der Waals surface area contributed by atoms with Crippen LogP contribution in [0.3, 0.4) is 0 Å². The van der Waals surface area contributed by atoms with Gasteiger partial charge in [-0.3, -0.25) is 4.79 Å². The van der Waals surface area contributed by atoms with Gasteiger partial charge in [0.25, 0.3) is 5.91 Å². The van der Waals surface area contributed by atoms with E-state index in [1.807, 2.05) is 0 Å². The molecule has 1 rings (SSSR count). The van der Waals surface area contributed by atoms with Gasteiger partial charge >= 0.3 is 6.18 Å². The van der Waals surface area contributed by atoms with E-state index < -0.39 is 17.6 Å².